The van der Waals surface area contributed by atoms with E-state index in [0.29, 0.717) is 23.8 Å². The first-order valence-corrected chi connectivity index (χ1v) is 13.5. The number of anilines is 1. The van der Waals surface area contributed by atoms with E-state index in [1.54, 1.807) is 28.8 Å². The molecule has 2 aromatic carbocycles. The number of ether oxygens (including phenoxy) is 1. The first-order valence-electron chi connectivity index (χ1n) is 9.53. The van der Waals surface area contributed by atoms with Crippen molar-refractivity contribution in [3.8, 4) is 0 Å². The van der Waals surface area contributed by atoms with Gasteiger partial charge in [-0.15, -0.1) is 11.8 Å². The highest BCUT2D eigenvalue weighted by Gasteiger charge is 2.27. The van der Waals surface area contributed by atoms with Gasteiger partial charge in [-0.2, -0.15) is 0 Å². The molecule has 9 heteroatoms. The van der Waals surface area contributed by atoms with Gasteiger partial charge in [0.1, 0.15) is 0 Å². The second-order valence-corrected chi connectivity index (χ2v) is 11.1. The molecule has 1 aliphatic rings. The molecule has 30 heavy (non-hydrogen) atoms. The summed E-state index contributed by atoms with van der Waals surface area (Å²) >= 11 is 3.14. The standard InChI is InChI=1S/C21H22N2O4S3/c1-28-16-7-10-18-19(12-16)29-21(22-18)23(13-15-4-3-11-27-15)20(24)14-5-8-17(9-6-14)30(2,25)26/h5-10,12,15H,3-4,11,13H2,1-2H3. The van der Waals surface area contributed by atoms with E-state index in [2.05, 4.69) is 6.07 Å². The Morgan fingerprint density at radius 3 is 2.67 bits per heavy atom. The van der Waals surface area contributed by atoms with Crippen molar-refractivity contribution in [3.63, 3.8) is 0 Å². The number of carbonyl (C=O) groups is 1. The molecular weight excluding hydrogens is 440 g/mol. The molecule has 1 fully saturated rings. The molecule has 0 N–H and O–H groups in total. The summed E-state index contributed by atoms with van der Waals surface area (Å²) in [6.07, 6.45) is 5.03. The molecule has 158 valence electrons. The number of thiazole rings is 1. The van der Waals surface area contributed by atoms with Crippen LogP contribution < -0.4 is 4.90 Å². The summed E-state index contributed by atoms with van der Waals surface area (Å²) in [5.74, 6) is -0.213. The minimum Gasteiger partial charge on any atom is -0.376 e. The quantitative estimate of drug-likeness (QED) is 0.510. The van der Waals surface area contributed by atoms with Crippen LogP contribution in [0, 0.1) is 0 Å². The molecule has 0 radical (unpaired) electrons. The smallest absolute Gasteiger partial charge is 0.260 e. The third-order valence-electron chi connectivity index (χ3n) is 5.00. The molecule has 1 aromatic heterocycles. The average Bonchev–Trinajstić information content (AvgIpc) is 3.39. The number of amides is 1. The fraction of sp³-hybridized carbons (Fsp3) is 0.333. The zero-order valence-electron chi connectivity index (χ0n) is 16.7. The maximum atomic E-state index is 13.4. The Bertz CT molecular complexity index is 1170. The maximum Gasteiger partial charge on any atom is 0.260 e. The minimum atomic E-state index is -3.32. The second-order valence-electron chi connectivity index (χ2n) is 7.18. The highest BCUT2D eigenvalue weighted by atomic mass is 32.2. The van der Waals surface area contributed by atoms with Gasteiger partial charge in [-0.25, -0.2) is 13.4 Å². The summed E-state index contributed by atoms with van der Waals surface area (Å²) in [5.41, 5.74) is 1.27. The Morgan fingerprint density at radius 2 is 2.03 bits per heavy atom. The Balaban J connectivity index is 1.69. The van der Waals surface area contributed by atoms with Gasteiger partial charge in [0.2, 0.25) is 0 Å². The van der Waals surface area contributed by atoms with E-state index in [-0.39, 0.29) is 16.9 Å². The molecule has 2 heterocycles. The third kappa shape index (κ3) is 4.54. The van der Waals surface area contributed by atoms with E-state index in [0.717, 1.165) is 34.2 Å². The average molecular weight is 463 g/mol. The fourth-order valence-electron chi connectivity index (χ4n) is 3.38. The number of carbonyl (C=O) groups excluding carboxylic acids is 1. The minimum absolute atomic E-state index is 0.0296. The van der Waals surface area contributed by atoms with Crippen molar-refractivity contribution in [1.29, 1.82) is 0 Å². The van der Waals surface area contributed by atoms with Crippen molar-refractivity contribution in [1.82, 2.24) is 4.98 Å². The first kappa shape index (κ1) is 21.3. The number of hydrogen-bond acceptors (Lipinski definition) is 7. The van der Waals surface area contributed by atoms with Gasteiger partial charge in [-0.05, 0) is 61.6 Å². The lowest BCUT2D eigenvalue weighted by Gasteiger charge is -2.23. The van der Waals surface area contributed by atoms with Crippen LogP contribution in [-0.4, -0.2) is 51.1 Å². The van der Waals surface area contributed by atoms with Crippen LogP contribution in [0.25, 0.3) is 10.2 Å². The van der Waals surface area contributed by atoms with E-state index in [9.17, 15) is 13.2 Å². The van der Waals surface area contributed by atoms with Crippen LogP contribution >= 0.6 is 23.1 Å². The van der Waals surface area contributed by atoms with Gasteiger partial charge in [-0.1, -0.05) is 11.3 Å². The number of nitrogens with zero attached hydrogens (tertiary/aromatic N) is 2. The van der Waals surface area contributed by atoms with Gasteiger partial charge < -0.3 is 4.74 Å². The number of rotatable bonds is 6. The maximum absolute atomic E-state index is 13.4. The van der Waals surface area contributed by atoms with Crippen LogP contribution in [0.1, 0.15) is 23.2 Å². The molecule has 1 atom stereocenters. The largest absolute Gasteiger partial charge is 0.376 e. The molecule has 1 unspecified atom stereocenters. The molecule has 0 spiro atoms. The van der Waals surface area contributed by atoms with Crippen molar-refractivity contribution in [2.45, 2.75) is 28.7 Å². The zero-order valence-corrected chi connectivity index (χ0v) is 19.1. The summed E-state index contributed by atoms with van der Waals surface area (Å²) in [5, 5.41) is 0.621. The van der Waals surface area contributed by atoms with Gasteiger partial charge in [0, 0.05) is 23.3 Å². The molecule has 1 saturated heterocycles. The molecule has 0 aliphatic carbocycles. The Morgan fingerprint density at radius 1 is 1.27 bits per heavy atom. The van der Waals surface area contributed by atoms with E-state index in [1.807, 2.05) is 18.4 Å². The second kappa shape index (κ2) is 8.66. The SMILES string of the molecule is CSc1ccc2nc(N(CC3CCCO3)C(=O)c3ccc(S(C)(=O)=O)cc3)sc2c1. The Hall–Kier alpha value is -1.94. The first-order chi connectivity index (χ1) is 14.3. The van der Waals surface area contributed by atoms with E-state index >= 15 is 0 Å². The molecule has 4 rings (SSSR count). The van der Waals surface area contributed by atoms with Crippen molar-refractivity contribution >= 4 is 54.2 Å². The molecule has 1 aliphatic heterocycles. The van der Waals surface area contributed by atoms with Crippen molar-refractivity contribution < 1.29 is 17.9 Å². The molecule has 3 aromatic rings. The highest BCUT2D eigenvalue weighted by molar-refractivity contribution is 7.98. The van der Waals surface area contributed by atoms with Gasteiger partial charge in [0.05, 0.1) is 27.8 Å². The predicted octanol–water partition coefficient (Wildman–Crippen LogP) is 4.25. The van der Waals surface area contributed by atoms with Crippen LogP contribution in [0.3, 0.4) is 0 Å². The van der Waals surface area contributed by atoms with E-state index in [4.69, 9.17) is 9.72 Å². The van der Waals surface area contributed by atoms with Crippen LogP contribution in [-0.2, 0) is 14.6 Å². The zero-order chi connectivity index (χ0) is 21.3. The number of thioether (sulfide) groups is 1. The normalized spacial score (nSPS) is 16.8. The molecule has 0 saturated carbocycles. The fourth-order valence-corrected chi connectivity index (χ4v) is 5.53. The summed E-state index contributed by atoms with van der Waals surface area (Å²) in [7, 11) is -3.32. The van der Waals surface area contributed by atoms with Gasteiger partial charge in [0.25, 0.3) is 5.91 Å². The van der Waals surface area contributed by atoms with Crippen LogP contribution in [0.5, 0.6) is 0 Å². The van der Waals surface area contributed by atoms with Crippen molar-refractivity contribution in [3.05, 3.63) is 48.0 Å². The van der Waals surface area contributed by atoms with Gasteiger partial charge in [0.15, 0.2) is 15.0 Å². The van der Waals surface area contributed by atoms with E-state index < -0.39 is 9.84 Å². The third-order valence-corrected chi connectivity index (χ3v) is 7.89. The number of fused-ring (bicyclic) bond motifs is 1. The van der Waals surface area contributed by atoms with Crippen molar-refractivity contribution in [2.24, 2.45) is 0 Å². The molecule has 0 bridgehead atoms. The van der Waals surface area contributed by atoms with Crippen LogP contribution in [0.15, 0.2) is 52.3 Å². The Labute approximate surface area is 184 Å². The predicted molar refractivity (Wildman–Crippen MR) is 122 cm³/mol. The van der Waals surface area contributed by atoms with Crippen LogP contribution in [0.4, 0.5) is 5.13 Å². The van der Waals surface area contributed by atoms with Gasteiger partial charge in [-0.3, -0.25) is 9.69 Å². The number of sulfone groups is 1. The number of aromatic nitrogens is 1. The lowest BCUT2D eigenvalue weighted by atomic mass is 10.2. The lowest BCUT2D eigenvalue weighted by molar-refractivity contribution is 0.0917. The highest BCUT2D eigenvalue weighted by Crippen LogP contribution is 2.33. The van der Waals surface area contributed by atoms with Crippen LogP contribution in [0.2, 0.25) is 0 Å². The lowest BCUT2D eigenvalue weighted by Crippen LogP contribution is -2.37. The molecule has 6 nitrogen and oxygen atoms in total. The number of benzene rings is 2. The summed E-state index contributed by atoms with van der Waals surface area (Å²) < 4.78 is 30.2. The van der Waals surface area contributed by atoms with E-state index in [1.165, 1.54) is 23.5 Å². The number of hydrogen-bond donors (Lipinski definition) is 0. The van der Waals surface area contributed by atoms with Gasteiger partial charge >= 0.3 is 0 Å². The Kier molecular flexibility index (Phi) is 6.15. The molecular formula is C21H22N2O4S3. The summed E-state index contributed by atoms with van der Waals surface area (Å²) in [6, 6.07) is 12.1. The monoisotopic (exact) mass is 462 g/mol. The van der Waals surface area contributed by atoms with Crippen molar-refractivity contribution in [2.75, 3.05) is 30.6 Å². The molecule has 1 amide bonds. The topological polar surface area (TPSA) is 76.6 Å². The summed E-state index contributed by atoms with van der Waals surface area (Å²) in [4.78, 5) is 21.1. The summed E-state index contributed by atoms with van der Waals surface area (Å²) in [6.45, 7) is 1.12.